The van der Waals surface area contributed by atoms with Crippen molar-refractivity contribution in [2.45, 2.75) is 12.5 Å². The van der Waals surface area contributed by atoms with Crippen LogP contribution in [0.3, 0.4) is 0 Å². The van der Waals surface area contributed by atoms with Gasteiger partial charge in [0.15, 0.2) is 0 Å². The minimum absolute atomic E-state index is 0.0738. The molecule has 2 aliphatic heterocycles. The molecule has 0 saturated carbocycles. The summed E-state index contributed by atoms with van der Waals surface area (Å²) in [5.41, 5.74) is 1.34. The van der Waals surface area contributed by atoms with Gasteiger partial charge in [0.2, 0.25) is 5.91 Å². The van der Waals surface area contributed by atoms with E-state index in [2.05, 4.69) is 15.3 Å². The lowest BCUT2D eigenvalue weighted by molar-refractivity contribution is -0.135. The Kier molecular flexibility index (Phi) is 7.03. The smallest absolute Gasteiger partial charge is 0.257 e. The third-order valence-electron chi connectivity index (χ3n) is 6.14. The molecule has 4 heterocycles. The highest BCUT2D eigenvalue weighted by Crippen LogP contribution is 2.34. The van der Waals surface area contributed by atoms with Gasteiger partial charge >= 0.3 is 0 Å². The number of nitrogens with one attached hydrogen (secondary N) is 1. The number of hydrogen-bond donors (Lipinski definition) is 1. The van der Waals surface area contributed by atoms with Gasteiger partial charge in [0, 0.05) is 38.3 Å². The molecule has 3 aromatic rings. The number of carbonyl (C=O) groups is 2. The number of rotatable bonds is 7. The Bertz CT molecular complexity index is 1190. The highest BCUT2D eigenvalue weighted by molar-refractivity contribution is 7.12. The Morgan fingerprint density at radius 1 is 1.06 bits per heavy atom. The Morgan fingerprint density at radius 2 is 1.86 bits per heavy atom. The number of benzene rings is 1. The largest absolute Gasteiger partial charge is 0.467 e. The van der Waals surface area contributed by atoms with Crippen LogP contribution in [0.2, 0.25) is 0 Å². The number of piperazine rings is 1. The van der Waals surface area contributed by atoms with Crippen LogP contribution in [0.15, 0.2) is 69.7 Å². The number of nitrogens with zero attached hydrogens (tertiary/aromatic N) is 4. The van der Waals surface area contributed by atoms with Crippen LogP contribution in [0, 0.1) is 5.82 Å². The number of anilines is 1. The van der Waals surface area contributed by atoms with Crippen molar-refractivity contribution in [3.63, 3.8) is 0 Å². The van der Waals surface area contributed by atoms with Crippen LogP contribution in [0.4, 0.5) is 10.1 Å². The quantitative estimate of drug-likeness (QED) is 0.543. The first-order valence-corrected chi connectivity index (χ1v) is 12.4. The van der Waals surface area contributed by atoms with Gasteiger partial charge in [0.25, 0.3) is 5.91 Å². The Labute approximate surface area is 206 Å². The zero-order valence-corrected chi connectivity index (χ0v) is 19.9. The summed E-state index contributed by atoms with van der Waals surface area (Å²) in [4.78, 5) is 30.8. The van der Waals surface area contributed by atoms with Crippen LogP contribution in [0.5, 0.6) is 0 Å². The maximum absolute atomic E-state index is 13.3. The standard InChI is InChI=1S/C25H26FN5O3S/c26-18-4-1-5-19(14-18)27-24(32)16-29-8-10-30(11-9-29)17-25(33)31-21(22-6-2-12-34-22)15-20(28-31)23-7-3-13-35-23/h1-7,12-14,21H,8-11,15-17H2,(H,27,32)/t21-/m1/s1. The van der Waals surface area contributed by atoms with E-state index in [4.69, 9.17) is 4.42 Å². The van der Waals surface area contributed by atoms with Crippen LogP contribution in [0.1, 0.15) is 23.1 Å². The zero-order chi connectivity index (χ0) is 24.2. The number of hydrogen-bond acceptors (Lipinski definition) is 7. The molecule has 5 rings (SSSR count). The number of furan rings is 1. The first-order chi connectivity index (χ1) is 17.0. The Hall–Kier alpha value is -3.34. The molecule has 0 aliphatic carbocycles. The van der Waals surface area contributed by atoms with E-state index in [1.54, 1.807) is 34.7 Å². The van der Waals surface area contributed by atoms with Crippen molar-refractivity contribution >= 4 is 34.6 Å². The predicted octanol–water partition coefficient (Wildman–Crippen LogP) is 3.41. The van der Waals surface area contributed by atoms with Crippen LogP contribution < -0.4 is 5.32 Å². The normalized spacial score (nSPS) is 19.1. The topological polar surface area (TPSA) is 81.4 Å². The van der Waals surface area contributed by atoms with Gasteiger partial charge in [0.1, 0.15) is 17.6 Å². The van der Waals surface area contributed by atoms with Crippen molar-refractivity contribution in [1.82, 2.24) is 14.8 Å². The van der Waals surface area contributed by atoms with Crippen molar-refractivity contribution in [2.75, 3.05) is 44.6 Å². The molecule has 2 amide bonds. The summed E-state index contributed by atoms with van der Waals surface area (Å²) in [5, 5.41) is 11.0. The van der Waals surface area contributed by atoms with Crippen LogP contribution in [-0.4, -0.2) is 71.6 Å². The van der Waals surface area contributed by atoms with Crippen molar-refractivity contribution in [2.24, 2.45) is 5.10 Å². The molecule has 10 heteroatoms. The van der Waals surface area contributed by atoms with Crippen molar-refractivity contribution in [3.8, 4) is 0 Å². The van der Waals surface area contributed by atoms with Gasteiger partial charge in [-0.25, -0.2) is 9.40 Å². The molecule has 182 valence electrons. The van der Waals surface area contributed by atoms with Crippen LogP contribution in [-0.2, 0) is 9.59 Å². The van der Waals surface area contributed by atoms with E-state index in [1.807, 2.05) is 34.5 Å². The zero-order valence-electron chi connectivity index (χ0n) is 19.1. The third-order valence-corrected chi connectivity index (χ3v) is 7.06. The Morgan fingerprint density at radius 3 is 2.54 bits per heavy atom. The predicted molar refractivity (Wildman–Crippen MR) is 132 cm³/mol. The van der Waals surface area contributed by atoms with Gasteiger partial charge in [-0.1, -0.05) is 12.1 Å². The minimum Gasteiger partial charge on any atom is -0.467 e. The number of thiophene rings is 1. The Balaban J connectivity index is 1.15. The molecular formula is C25H26FN5O3S. The van der Waals surface area contributed by atoms with E-state index >= 15 is 0 Å². The summed E-state index contributed by atoms with van der Waals surface area (Å²) in [5.74, 6) is 0.0761. The molecule has 1 saturated heterocycles. The van der Waals surface area contributed by atoms with E-state index in [0.717, 1.165) is 16.3 Å². The highest BCUT2D eigenvalue weighted by Gasteiger charge is 2.36. The van der Waals surface area contributed by atoms with Gasteiger partial charge in [-0.2, -0.15) is 5.10 Å². The number of carbonyl (C=O) groups excluding carboxylic acids is 2. The van der Waals surface area contributed by atoms with E-state index in [9.17, 15) is 14.0 Å². The third kappa shape index (κ3) is 5.67. The molecule has 0 radical (unpaired) electrons. The van der Waals surface area contributed by atoms with Crippen molar-refractivity contribution in [1.29, 1.82) is 0 Å². The number of hydrazone groups is 1. The van der Waals surface area contributed by atoms with Crippen LogP contribution >= 0.6 is 11.3 Å². The number of amides is 2. The molecule has 2 aliphatic rings. The molecule has 8 nitrogen and oxygen atoms in total. The summed E-state index contributed by atoms with van der Waals surface area (Å²) in [7, 11) is 0. The van der Waals surface area contributed by atoms with Gasteiger partial charge in [-0.15, -0.1) is 11.3 Å². The molecule has 2 aromatic heterocycles. The fourth-order valence-corrected chi connectivity index (χ4v) is 5.09. The second-order valence-electron chi connectivity index (χ2n) is 8.61. The molecule has 1 fully saturated rings. The molecule has 1 atom stereocenters. The lowest BCUT2D eigenvalue weighted by Crippen LogP contribution is -2.51. The van der Waals surface area contributed by atoms with Gasteiger partial charge < -0.3 is 9.73 Å². The molecule has 1 aromatic carbocycles. The SMILES string of the molecule is O=C(CN1CCN(CC(=O)N2N=C(c3cccs3)C[C@@H]2c2ccco2)CC1)Nc1cccc(F)c1. The summed E-state index contributed by atoms with van der Waals surface area (Å²) in [6.07, 6.45) is 2.23. The van der Waals surface area contributed by atoms with Gasteiger partial charge in [-0.05, 0) is 41.8 Å². The first-order valence-electron chi connectivity index (χ1n) is 11.5. The maximum atomic E-state index is 13.3. The van der Waals surface area contributed by atoms with Gasteiger partial charge in [-0.3, -0.25) is 19.4 Å². The van der Waals surface area contributed by atoms with E-state index in [-0.39, 0.29) is 36.8 Å². The second kappa shape index (κ2) is 10.5. The maximum Gasteiger partial charge on any atom is 0.257 e. The molecule has 0 spiro atoms. The summed E-state index contributed by atoms with van der Waals surface area (Å²) in [6.45, 7) is 3.13. The summed E-state index contributed by atoms with van der Waals surface area (Å²) < 4.78 is 18.9. The average molecular weight is 496 g/mol. The molecule has 0 bridgehead atoms. The van der Waals surface area contributed by atoms with Gasteiger partial charge in [0.05, 0.1) is 29.9 Å². The van der Waals surface area contributed by atoms with Crippen molar-refractivity contribution in [3.05, 3.63) is 76.6 Å². The molecule has 0 unspecified atom stereocenters. The lowest BCUT2D eigenvalue weighted by Gasteiger charge is -2.34. The minimum atomic E-state index is -0.389. The van der Waals surface area contributed by atoms with E-state index in [1.165, 1.54) is 12.1 Å². The summed E-state index contributed by atoms with van der Waals surface area (Å²) in [6, 6.07) is 13.3. The van der Waals surface area contributed by atoms with E-state index in [0.29, 0.717) is 38.3 Å². The summed E-state index contributed by atoms with van der Waals surface area (Å²) >= 11 is 1.61. The average Bonchev–Trinajstić information content (AvgIpc) is 3.61. The first kappa shape index (κ1) is 23.4. The van der Waals surface area contributed by atoms with Crippen molar-refractivity contribution < 1.29 is 18.4 Å². The monoisotopic (exact) mass is 495 g/mol. The fraction of sp³-hybridized carbons (Fsp3) is 0.320. The fourth-order valence-electron chi connectivity index (χ4n) is 4.37. The molecule has 35 heavy (non-hydrogen) atoms. The lowest BCUT2D eigenvalue weighted by atomic mass is 10.1. The molecule has 1 N–H and O–H groups in total. The highest BCUT2D eigenvalue weighted by atomic mass is 32.1. The number of halogens is 1. The second-order valence-corrected chi connectivity index (χ2v) is 9.56. The molecular weight excluding hydrogens is 469 g/mol. The van der Waals surface area contributed by atoms with Crippen LogP contribution in [0.25, 0.3) is 0 Å². The van der Waals surface area contributed by atoms with E-state index < -0.39 is 0 Å².